The summed E-state index contributed by atoms with van der Waals surface area (Å²) in [6.45, 7) is 4.85. The molecular weight excluding hydrogens is 502 g/mol. The number of aromatic nitrogens is 1. The van der Waals surface area contributed by atoms with E-state index in [-0.39, 0.29) is 11.9 Å². The van der Waals surface area contributed by atoms with Crippen molar-refractivity contribution in [2.24, 2.45) is 5.92 Å². The van der Waals surface area contributed by atoms with E-state index in [0.717, 1.165) is 37.3 Å². The normalized spacial score (nSPS) is 12.8. The molecule has 0 aliphatic heterocycles. The molecule has 2 rings (SSSR count). The lowest BCUT2D eigenvalue weighted by molar-refractivity contribution is -0.123. The molecular formula is C17H22Br3N3O. The number of amides is 1. The number of likely N-dealkylation sites (N-methyl/N-ethyl adjacent to an activating group) is 1. The summed E-state index contributed by atoms with van der Waals surface area (Å²) in [6, 6.07) is 4.00. The summed E-state index contributed by atoms with van der Waals surface area (Å²) in [7, 11) is 1.83. The third kappa shape index (κ3) is 4.84. The van der Waals surface area contributed by atoms with Gasteiger partial charge in [0.1, 0.15) is 0 Å². The highest BCUT2D eigenvalue weighted by atomic mass is 79.9. The number of carbonyl (C=O) groups excluding carboxylic acids is 1. The Bertz CT molecular complexity index is 727. The zero-order valence-corrected chi connectivity index (χ0v) is 18.7. The summed E-state index contributed by atoms with van der Waals surface area (Å²) >= 11 is 10.7. The average molecular weight is 524 g/mol. The predicted octanol–water partition coefficient (Wildman–Crippen LogP) is 4.75. The van der Waals surface area contributed by atoms with Gasteiger partial charge in [-0.1, -0.05) is 13.8 Å². The molecule has 3 N–H and O–H groups in total. The van der Waals surface area contributed by atoms with Crippen LogP contribution in [0.2, 0.25) is 0 Å². The SMILES string of the molecule is CN[C@@H](CC(C)C)C(=O)NCCc1c(Br)[nH]c2cc(Br)c(Br)cc12. The molecule has 0 aliphatic rings. The van der Waals surface area contributed by atoms with Gasteiger partial charge < -0.3 is 15.6 Å². The quantitative estimate of drug-likeness (QED) is 0.490. The van der Waals surface area contributed by atoms with Crippen LogP contribution in [0.25, 0.3) is 10.9 Å². The topological polar surface area (TPSA) is 56.9 Å². The summed E-state index contributed by atoms with van der Waals surface area (Å²) in [5, 5.41) is 7.28. The van der Waals surface area contributed by atoms with Gasteiger partial charge in [-0.05, 0) is 91.3 Å². The van der Waals surface area contributed by atoms with Crippen molar-refractivity contribution in [3.8, 4) is 0 Å². The molecule has 1 aromatic carbocycles. The number of aromatic amines is 1. The molecule has 0 aliphatic carbocycles. The second-order valence-electron chi connectivity index (χ2n) is 6.24. The molecule has 0 saturated carbocycles. The van der Waals surface area contributed by atoms with Crippen LogP contribution in [0.3, 0.4) is 0 Å². The van der Waals surface area contributed by atoms with E-state index in [1.165, 1.54) is 5.56 Å². The van der Waals surface area contributed by atoms with Crippen LogP contribution in [0.15, 0.2) is 25.7 Å². The Morgan fingerprint density at radius 3 is 2.50 bits per heavy atom. The van der Waals surface area contributed by atoms with E-state index < -0.39 is 0 Å². The Hall–Kier alpha value is -0.370. The maximum atomic E-state index is 12.3. The van der Waals surface area contributed by atoms with E-state index in [4.69, 9.17) is 0 Å². The zero-order chi connectivity index (χ0) is 17.9. The number of H-pyrrole nitrogens is 1. The molecule has 0 bridgehead atoms. The van der Waals surface area contributed by atoms with Gasteiger partial charge in [0.2, 0.25) is 5.91 Å². The second-order valence-corrected chi connectivity index (χ2v) is 8.74. The maximum absolute atomic E-state index is 12.3. The van der Waals surface area contributed by atoms with Gasteiger partial charge in [-0.2, -0.15) is 0 Å². The van der Waals surface area contributed by atoms with Crippen molar-refractivity contribution in [2.75, 3.05) is 13.6 Å². The van der Waals surface area contributed by atoms with Crippen LogP contribution >= 0.6 is 47.8 Å². The number of carbonyl (C=O) groups is 1. The smallest absolute Gasteiger partial charge is 0.237 e. The number of hydrogen-bond donors (Lipinski definition) is 3. The van der Waals surface area contributed by atoms with Gasteiger partial charge in [0, 0.05) is 26.4 Å². The van der Waals surface area contributed by atoms with Gasteiger partial charge in [0.05, 0.1) is 10.6 Å². The van der Waals surface area contributed by atoms with Crippen LogP contribution in [0, 0.1) is 5.92 Å². The number of hydrogen-bond acceptors (Lipinski definition) is 2. The van der Waals surface area contributed by atoms with Crippen LogP contribution in [-0.4, -0.2) is 30.5 Å². The molecule has 0 unspecified atom stereocenters. The number of nitrogens with one attached hydrogen (secondary N) is 3. The average Bonchev–Trinajstić information content (AvgIpc) is 2.80. The summed E-state index contributed by atoms with van der Waals surface area (Å²) in [5.74, 6) is 0.540. The van der Waals surface area contributed by atoms with E-state index in [1.54, 1.807) is 0 Å². The van der Waals surface area contributed by atoms with Crippen LogP contribution in [0.4, 0.5) is 0 Å². The minimum atomic E-state index is -0.137. The van der Waals surface area contributed by atoms with Crippen molar-refractivity contribution in [1.29, 1.82) is 0 Å². The number of rotatable bonds is 7. The van der Waals surface area contributed by atoms with Crippen molar-refractivity contribution in [1.82, 2.24) is 15.6 Å². The van der Waals surface area contributed by atoms with Crippen LogP contribution in [-0.2, 0) is 11.2 Å². The Kier molecular flexibility index (Phi) is 7.34. The van der Waals surface area contributed by atoms with Gasteiger partial charge in [0.15, 0.2) is 0 Å². The predicted molar refractivity (Wildman–Crippen MR) is 110 cm³/mol. The second kappa shape index (κ2) is 8.83. The van der Waals surface area contributed by atoms with E-state index in [0.29, 0.717) is 12.5 Å². The summed E-state index contributed by atoms with van der Waals surface area (Å²) < 4.78 is 2.98. The number of halogens is 3. The van der Waals surface area contributed by atoms with Gasteiger partial charge >= 0.3 is 0 Å². The Morgan fingerprint density at radius 1 is 1.21 bits per heavy atom. The first-order valence-corrected chi connectivity index (χ1v) is 10.3. The largest absolute Gasteiger partial charge is 0.354 e. The molecule has 0 fully saturated rings. The Labute approximate surface area is 167 Å². The summed E-state index contributed by atoms with van der Waals surface area (Å²) in [5.41, 5.74) is 2.23. The van der Waals surface area contributed by atoms with E-state index in [2.05, 4.69) is 83.3 Å². The molecule has 4 nitrogen and oxygen atoms in total. The molecule has 0 spiro atoms. The minimum Gasteiger partial charge on any atom is -0.354 e. The first kappa shape index (κ1) is 19.9. The lowest BCUT2D eigenvalue weighted by Crippen LogP contribution is -2.43. The standard InChI is InChI=1S/C17H22Br3N3O/c1-9(2)6-15(21-3)17(24)22-5-4-10-11-7-12(18)13(19)8-14(11)23-16(10)20/h7-9,15,21,23H,4-6H2,1-3H3,(H,22,24)/t15-/m0/s1. The first-order chi connectivity index (χ1) is 11.3. The molecule has 1 atom stereocenters. The summed E-state index contributed by atoms with van der Waals surface area (Å²) in [6.07, 6.45) is 1.60. The van der Waals surface area contributed by atoms with Gasteiger partial charge in [0.25, 0.3) is 0 Å². The molecule has 7 heteroatoms. The maximum Gasteiger partial charge on any atom is 0.237 e. The van der Waals surface area contributed by atoms with E-state index in [1.807, 2.05) is 13.1 Å². The number of fused-ring (bicyclic) bond motifs is 1. The molecule has 1 aromatic heterocycles. The fraction of sp³-hybridized carbons (Fsp3) is 0.471. The van der Waals surface area contributed by atoms with Crippen LogP contribution < -0.4 is 10.6 Å². The van der Waals surface area contributed by atoms with Crippen molar-refractivity contribution in [3.05, 3.63) is 31.2 Å². The molecule has 1 amide bonds. The molecule has 2 aromatic rings. The van der Waals surface area contributed by atoms with Gasteiger partial charge in [-0.15, -0.1) is 0 Å². The highest BCUT2D eigenvalue weighted by Crippen LogP contribution is 2.33. The van der Waals surface area contributed by atoms with Crippen molar-refractivity contribution in [3.63, 3.8) is 0 Å². The van der Waals surface area contributed by atoms with E-state index >= 15 is 0 Å². The Balaban J connectivity index is 2.04. The highest BCUT2D eigenvalue weighted by molar-refractivity contribution is 9.13. The zero-order valence-electron chi connectivity index (χ0n) is 14.0. The van der Waals surface area contributed by atoms with Crippen LogP contribution in [0.1, 0.15) is 25.8 Å². The van der Waals surface area contributed by atoms with Crippen LogP contribution in [0.5, 0.6) is 0 Å². The molecule has 0 saturated heterocycles. The third-order valence-electron chi connectivity index (χ3n) is 3.94. The van der Waals surface area contributed by atoms with Crippen molar-refractivity contribution >= 4 is 64.6 Å². The van der Waals surface area contributed by atoms with Gasteiger partial charge in [-0.3, -0.25) is 4.79 Å². The van der Waals surface area contributed by atoms with Crippen molar-refractivity contribution < 1.29 is 4.79 Å². The van der Waals surface area contributed by atoms with Crippen molar-refractivity contribution in [2.45, 2.75) is 32.7 Å². The Morgan fingerprint density at radius 2 is 1.88 bits per heavy atom. The fourth-order valence-corrected chi connectivity index (χ4v) is 4.03. The highest BCUT2D eigenvalue weighted by Gasteiger charge is 2.18. The lowest BCUT2D eigenvalue weighted by atomic mass is 10.0. The fourth-order valence-electron chi connectivity index (χ4n) is 2.72. The molecule has 1 heterocycles. The first-order valence-electron chi connectivity index (χ1n) is 7.93. The molecule has 24 heavy (non-hydrogen) atoms. The summed E-state index contributed by atoms with van der Waals surface area (Å²) in [4.78, 5) is 15.6. The molecule has 0 radical (unpaired) electrons. The molecule has 132 valence electrons. The third-order valence-corrected chi connectivity index (χ3v) is 6.46. The van der Waals surface area contributed by atoms with Gasteiger partial charge in [-0.25, -0.2) is 0 Å². The monoisotopic (exact) mass is 521 g/mol. The van der Waals surface area contributed by atoms with E-state index in [9.17, 15) is 4.79 Å². The minimum absolute atomic E-state index is 0.0612. The number of benzene rings is 1. The lowest BCUT2D eigenvalue weighted by Gasteiger charge is -2.17.